The zero-order valence-corrected chi connectivity index (χ0v) is 7.55. The van der Waals surface area contributed by atoms with E-state index in [4.69, 9.17) is 0 Å². The van der Waals surface area contributed by atoms with Gasteiger partial charge in [0.15, 0.2) is 0 Å². The molecule has 0 aromatic heterocycles. The molecular formula is C11H19. The van der Waals surface area contributed by atoms with Crippen LogP contribution >= 0.6 is 0 Å². The zero-order valence-electron chi connectivity index (χ0n) is 7.55. The highest BCUT2D eigenvalue weighted by Gasteiger charge is 1.79. The van der Waals surface area contributed by atoms with Gasteiger partial charge in [0.1, 0.15) is 0 Å². The van der Waals surface area contributed by atoms with Crippen LogP contribution in [0.15, 0.2) is 24.3 Å². The van der Waals surface area contributed by atoms with Crippen molar-refractivity contribution in [3.05, 3.63) is 31.2 Å². The zero-order chi connectivity index (χ0) is 8.36. The molecule has 0 atom stereocenters. The summed E-state index contributed by atoms with van der Waals surface area (Å²) in [5.74, 6) is 0. The van der Waals surface area contributed by atoms with Crippen molar-refractivity contribution in [1.29, 1.82) is 0 Å². The van der Waals surface area contributed by atoms with Gasteiger partial charge in [0.25, 0.3) is 0 Å². The third-order valence-corrected chi connectivity index (χ3v) is 1.53. The molecule has 0 aliphatic rings. The van der Waals surface area contributed by atoms with Gasteiger partial charge in [-0.05, 0) is 32.6 Å². The smallest absolute Gasteiger partial charge is 0.0316 e. The maximum absolute atomic E-state index is 3.63. The molecular weight excluding hydrogens is 132 g/mol. The maximum Gasteiger partial charge on any atom is -0.0316 e. The van der Waals surface area contributed by atoms with Crippen molar-refractivity contribution in [2.45, 2.75) is 39.0 Å². The predicted octanol–water partition coefficient (Wildman–Crippen LogP) is 3.90. The number of hydrogen-bond donors (Lipinski definition) is 0. The minimum absolute atomic E-state index is 1.17. The topological polar surface area (TPSA) is 0 Å². The van der Waals surface area contributed by atoms with E-state index in [1.165, 1.54) is 32.1 Å². The quantitative estimate of drug-likeness (QED) is 0.399. The molecule has 0 aromatic carbocycles. The average molecular weight is 151 g/mol. The lowest BCUT2D eigenvalue weighted by molar-refractivity contribution is 0.859. The monoisotopic (exact) mass is 151 g/mol. The molecule has 0 saturated heterocycles. The summed E-state index contributed by atoms with van der Waals surface area (Å²) in [6.45, 7) is 5.84. The average Bonchev–Trinajstić information content (AvgIpc) is 2.03. The summed E-state index contributed by atoms with van der Waals surface area (Å²) in [7, 11) is 0. The van der Waals surface area contributed by atoms with Gasteiger partial charge in [-0.2, -0.15) is 0 Å². The standard InChI is InChI=1S/C11H19/c1-3-5-7-9-11-10-8-6-4-2/h3,5,8,10H,1,4,6-7,9,11H2,2H3/b5-3+,10-8+. The first-order chi connectivity index (χ1) is 5.41. The Morgan fingerprint density at radius 3 is 2.27 bits per heavy atom. The van der Waals surface area contributed by atoms with Gasteiger partial charge in [-0.25, -0.2) is 0 Å². The van der Waals surface area contributed by atoms with Crippen LogP contribution in [-0.4, -0.2) is 0 Å². The molecule has 0 aliphatic carbocycles. The lowest BCUT2D eigenvalue weighted by atomic mass is 10.2. The molecule has 0 unspecified atom stereocenters. The van der Waals surface area contributed by atoms with E-state index in [1.54, 1.807) is 0 Å². The number of hydrogen-bond acceptors (Lipinski definition) is 0. The Balaban J connectivity index is 3.00. The van der Waals surface area contributed by atoms with E-state index in [2.05, 4.69) is 32.1 Å². The van der Waals surface area contributed by atoms with Gasteiger partial charge < -0.3 is 0 Å². The van der Waals surface area contributed by atoms with Crippen molar-refractivity contribution in [1.82, 2.24) is 0 Å². The molecule has 0 aliphatic heterocycles. The molecule has 0 aromatic rings. The fraction of sp³-hybridized carbons (Fsp3) is 0.545. The minimum atomic E-state index is 1.17. The van der Waals surface area contributed by atoms with Crippen LogP contribution < -0.4 is 0 Å². The molecule has 0 rings (SSSR count). The molecule has 63 valence electrons. The maximum atomic E-state index is 3.63. The van der Waals surface area contributed by atoms with E-state index in [-0.39, 0.29) is 0 Å². The van der Waals surface area contributed by atoms with E-state index in [1.807, 2.05) is 6.08 Å². The summed E-state index contributed by atoms with van der Waals surface area (Å²) in [6.07, 6.45) is 14.7. The second-order valence-corrected chi connectivity index (χ2v) is 2.66. The van der Waals surface area contributed by atoms with Gasteiger partial charge in [0.05, 0.1) is 0 Å². The van der Waals surface area contributed by atoms with Crippen LogP contribution in [0.5, 0.6) is 0 Å². The van der Waals surface area contributed by atoms with Crippen LogP contribution in [0.3, 0.4) is 0 Å². The molecule has 0 bridgehead atoms. The van der Waals surface area contributed by atoms with Crippen LogP contribution in [0.2, 0.25) is 0 Å². The Morgan fingerprint density at radius 1 is 1.00 bits per heavy atom. The minimum Gasteiger partial charge on any atom is -0.0885 e. The third-order valence-electron chi connectivity index (χ3n) is 1.53. The molecule has 0 amide bonds. The third kappa shape index (κ3) is 9.48. The Hall–Kier alpha value is -0.520. The molecule has 0 saturated carbocycles. The van der Waals surface area contributed by atoms with Gasteiger partial charge in [0, 0.05) is 0 Å². The van der Waals surface area contributed by atoms with Crippen LogP contribution in [0.25, 0.3) is 0 Å². The number of rotatable bonds is 6. The SMILES string of the molecule is [CH2]/C=C/CCC/C=C/CCC. The Labute approximate surface area is 71.0 Å². The highest BCUT2D eigenvalue weighted by molar-refractivity contribution is 4.86. The summed E-state index contributed by atoms with van der Waals surface area (Å²) in [4.78, 5) is 0. The second-order valence-electron chi connectivity index (χ2n) is 2.66. The molecule has 1 radical (unpaired) electrons. The summed E-state index contributed by atoms with van der Waals surface area (Å²) in [5.41, 5.74) is 0. The van der Waals surface area contributed by atoms with Crippen LogP contribution in [0, 0.1) is 6.92 Å². The normalized spacial score (nSPS) is 11.8. The van der Waals surface area contributed by atoms with Crippen molar-refractivity contribution in [3.8, 4) is 0 Å². The van der Waals surface area contributed by atoms with E-state index in [0.717, 1.165) is 0 Å². The summed E-state index contributed by atoms with van der Waals surface area (Å²) < 4.78 is 0. The largest absolute Gasteiger partial charge is 0.0885 e. The van der Waals surface area contributed by atoms with Gasteiger partial charge >= 0.3 is 0 Å². The van der Waals surface area contributed by atoms with E-state index in [9.17, 15) is 0 Å². The van der Waals surface area contributed by atoms with Gasteiger partial charge in [-0.1, -0.05) is 37.6 Å². The summed E-state index contributed by atoms with van der Waals surface area (Å²) in [5, 5.41) is 0. The molecule has 0 heterocycles. The van der Waals surface area contributed by atoms with Crippen LogP contribution in [-0.2, 0) is 0 Å². The van der Waals surface area contributed by atoms with Crippen molar-refractivity contribution in [2.75, 3.05) is 0 Å². The summed E-state index contributed by atoms with van der Waals surface area (Å²) >= 11 is 0. The van der Waals surface area contributed by atoms with Crippen molar-refractivity contribution >= 4 is 0 Å². The van der Waals surface area contributed by atoms with E-state index in [0.29, 0.717) is 0 Å². The number of allylic oxidation sites excluding steroid dienone is 4. The van der Waals surface area contributed by atoms with E-state index >= 15 is 0 Å². The van der Waals surface area contributed by atoms with Crippen molar-refractivity contribution in [2.24, 2.45) is 0 Å². The first kappa shape index (κ1) is 10.5. The lowest BCUT2D eigenvalue weighted by Crippen LogP contribution is -1.69. The molecule has 0 N–H and O–H groups in total. The highest BCUT2D eigenvalue weighted by atomic mass is 13.9. The fourth-order valence-electron chi connectivity index (χ4n) is 0.874. The van der Waals surface area contributed by atoms with Gasteiger partial charge in [-0.3, -0.25) is 0 Å². The molecule has 0 nitrogen and oxygen atoms in total. The predicted molar refractivity (Wildman–Crippen MR) is 52.4 cm³/mol. The first-order valence-corrected chi connectivity index (χ1v) is 4.51. The van der Waals surface area contributed by atoms with Crippen LogP contribution in [0.1, 0.15) is 39.0 Å². The van der Waals surface area contributed by atoms with Crippen molar-refractivity contribution < 1.29 is 0 Å². The summed E-state index contributed by atoms with van der Waals surface area (Å²) in [6, 6.07) is 0. The molecule has 0 spiro atoms. The first-order valence-electron chi connectivity index (χ1n) is 4.51. The number of unbranched alkanes of at least 4 members (excludes halogenated alkanes) is 3. The van der Waals surface area contributed by atoms with E-state index < -0.39 is 0 Å². The van der Waals surface area contributed by atoms with Crippen LogP contribution in [0.4, 0.5) is 0 Å². The molecule has 11 heavy (non-hydrogen) atoms. The second kappa shape index (κ2) is 9.48. The highest BCUT2D eigenvalue weighted by Crippen LogP contribution is 1.99. The van der Waals surface area contributed by atoms with Gasteiger partial charge in [0.2, 0.25) is 0 Å². The Bertz CT molecular complexity index is 109. The fourth-order valence-corrected chi connectivity index (χ4v) is 0.874. The molecule has 0 heteroatoms. The Morgan fingerprint density at radius 2 is 1.64 bits per heavy atom. The Kier molecular flexibility index (Phi) is 9.03. The molecule has 0 fully saturated rings. The lowest BCUT2D eigenvalue weighted by Gasteiger charge is -1.89. The van der Waals surface area contributed by atoms with Gasteiger partial charge in [-0.15, -0.1) is 0 Å². The van der Waals surface area contributed by atoms with Crippen molar-refractivity contribution in [3.63, 3.8) is 0 Å².